The molecule has 0 aliphatic carbocycles. The molecule has 1 N–H and O–H groups in total. The van der Waals surface area contributed by atoms with Gasteiger partial charge in [0.25, 0.3) is 5.91 Å². The van der Waals surface area contributed by atoms with Crippen LogP contribution in [0.3, 0.4) is 0 Å². The Balaban J connectivity index is 2.10. The summed E-state index contributed by atoms with van der Waals surface area (Å²) in [6.07, 6.45) is -3.14. The molecule has 0 heterocycles. The van der Waals surface area contributed by atoms with Gasteiger partial charge in [0, 0.05) is 5.56 Å². The molecule has 1 amide bonds. The van der Waals surface area contributed by atoms with Gasteiger partial charge in [-0.05, 0) is 74.7 Å². The number of hydrazone groups is 1. The van der Waals surface area contributed by atoms with Crippen LogP contribution in [0.4, 0.5) is 13.2 Å². The number of nitrogens with one attached hydrogen (secondary N) is 1. The van der Waals surface area contributed by atoms with Crippen LogP contribution in [0.25, 0.3) is 0 Å². The minimum Gasteiger partial charge on any atom is -0.492 e. The van der Waals surface area contributed by atoms with Crippen LogP contribution in [0, 0.1) is 0 Å². The number of carbonyl (C=O) groups excluding carboxylic acids is 1. The molecular weight excluding hydrogens is 481 g/mol. The Labute approximate surface area is 164 Å². The molecule has 0 bridgehead atoms. The molecule has 9 heteroatoms. The molecule has 2 aromatic rings. The number of hydrogen-bond acceptors (Lipinski definition) is 3. The van der Waals surface area contributed by atoms with E-state index in [1.54, 1.807) is 12.1 Å². The summed E-state index contributed by atoms with van der Waals surface area (Å²) in [5, 5.41) is 3.78. The molecule has 0 fully saturated rings. The number of halogens is 5. The van der Waals surface area contributed by atoms with Crippen LogP contribution in [-0.4, -0.2) is 18.7 Å². The van der Waals surface area contributed by atoms with Gasteiger partial charge in [0.15, 0.2) is 0 Å². The minimum absolute atomic E-state index is 0.133. The van der Waals surface area contributed by atoms with Crippen molar-refractivity contribution >= 4 is 44.0 Å². The number of carbonyl (C=O) groups is 1. The summed E-state index contributed by atoms with van der Waals surface area (Å²) in [7, 11) is 0. The van der Waals surface area contributed by atoms with Gasteiger partial charge in [0.2, 0.25) is 0 Å². The Hall–Kier alpha value is -1.87. The average Bonchev–Trinajstić information content (AvgIpc) is 2.57. The fraction of sp³-hybridized carbons (Fsp3) is 0.176. The maximum atomic E-state index is 12.7. The lowest BCUT2D eigenvalue weighted by Crippen LogP contribution is -2.18. The molecular formula is C17H13Br2F3N2O2. The molecule has 0 aromatic heterocycles. The average molecular weight is 494 g/mol. The zero-order valence-electron chi connectivity index (χ0n) is 13.4. The summed E-state index contributed by atoms with van der Waals surface area (Å²) in [4.78, 5) is 12.0. The molecule has 0 saturated heterocycles. The van der Waals surface area contributed by atoms with E-state index >= 15 is 0 Å². The van der Waals surface area contributed by atoms with Crippen molar-refractivity contribution in [2.75, 3.05) is 6.61 Å². The molecule has 0 aliphatic rings. The highest BCUT2D eigenvalue weighted by Gasteiger charge is 2.30. The van der Waals surface area contributed by atoms with E-state index in [0.717, 1.165) is 12.1 Å². The predicted octanol–water partition coefficient (Wildman–Crippen LogP) is 5.39. The number of hydrogen-bond donors (Lipinski definition) is 1. The highest BCUT2D eigenvalue weighted by Crippen LogP contribution is 2.34. The van der Waals surface area contributed by atoms with E-state index in [9.17, 15) is 18.0 Å². The van der Waals surface area contributed by atoms with Crippen LogP contribution in [0.15, 0.2) is 50.4 Å². The van der Waals surface area contributed by atoms with Crippen LogP contribution >= 0.6 is 31.9 Å². The normalized spacial score (nSPS) is 11.6. The van der Waals surface area contributed by atoms with E-state index in [2.05, 4.69) is 42.4 Å². The Morgan fingerprint density at radius 1 is 1.23 bits per heavy atom. The number of ether oxygens (including phenoxy) is 1. The van der Waals surface area contributed by atoms with Crippen molar-refractivity contribution in [1.29, 1.82) is 0 Å². The van der Waals surface area contributed by atoms with Gasteiger partial charge >= 0.3 is 6.18 Å². The van der Waals surface area contributed by atoms with E-state index < -0.39 is 17.6 Å². The predicted molar refractivity (Wildman–Crippen MR) is 99.5 cm³/mol. The molecule has 0 saturated carbocycles. The third-order valence-electron chi connectivity index (χ3n) is 3.14. The van der Waals surface area contributed by atoms with Gasteiger partial charge in [-0.2, -0.15) is 18.3 Å². The Morgan fingerprint density at radius 3 is 2.46 bits per heavy atom. The summed E-state index contributed by atoms with van der Waals surface area (Å²) in [6.45, 7) is 2.36. The summed E-state index contributed by atoms with van der Waals surface area (Å²) in [5.41, 5.74) is 1.83. The quantitative estimate of drug-likeness (QED) is 0.448. The highest BCUT2D eigenvalue weighted by molar-refractivity contribution is 9.11. The molecule has 0 atom stereocenters. The van der Waals surface area contributed by atoms with Crippen molar-refractivity contribution < 1.29 is 22.7 Å². The first-order chi connectivity index (χ1) is 12.2. The maximum absolute atomic E-state index is 12.7. The second kappa shape index (κ2) is 8.68. The second-order valence-electron chi connectivity index (χ2n) is 5.02. The van der Waals surface area contributed by atoms with Crippen LogP contribution in [0.2, 0.25) is 0 Å². The Morgan fingerprint density at radius 2 is 1.88 bits per heavy atom. The largest absolute Gasteiger partial charge is 0.492 e. The van der Waals surface area contributed by atoms with Crippen molar-refractivity contribution in [1.82, 2.24) is 5.43 Å². The molecule has 0 aliphatic heterocycles. The third kappa shape index (κ3) is 5.31. The fourth-order valence-electron chi connectivity index (χ4n) is 2.00. The standard InChI is InChI=1S/C17H13Br2F3N2O2/c1-2-26-15-13(18)6-10(7-14(15)19)9-23-24-16(25)11-4-3-5-12(8-11)17(20,21)22/h3-9H,2H2,1H3,(H,24,25)/b23-9-. The van der Waals surface area contributed by atoms with E-state index in [1.165, 1.54) is 18.3 Å². The maximum Gasteiger partial charge on any atom is 0.416 e. The first-order valence-corrected chi connectivity index (χ1v) is 8.93. The number of nitrogens with zero attached hydrogens (tertiary/aromatic N) is 1. The lowest BCUT2D eigenvalue weighted by atomic mass is 10.1. The van der Waals surface area contributed by atoms with Crippen LogP contribution in [0.1, 0.15) is 28.4 Å². The molecule has 26 heavy (non-hydrogen) atoms. The summed E-state index contributed by atoms with van der Waals surface area (Å²) >= 11 is 6.74. The zero-order valence-corrected chi connectivity index (χ0v) is 16.6. The van der Waals surface area contributed by atoms with Gasteiger partial charge in [-0.3, -0.25) is 4.79 Å². The number of amides is 1. The van der Waals surface area contributed by atoms with Gasteiger partial charge in [0.05, 0.1) is 27.3 Å². The van der Waals surface area contributed by atoms with E-state index in [0.29, 0.717) is 26.9 Å². The Bertz CT molecular complexity index is 816. The SMILES string of the molecule is CCOc1c(Br)cc(/C=N\NC(=O)c2cccc(C(F)(F)F)c2)cc1Br. The molecule has 0 spiro atoms. The number of alkyl halides is 3. The highest BCUT2D eigenvalue weighted by atomic mass is 79.9. The van der Waals surface area contributed by atoms with Gasteiger partial charge in [-0.25, -0.2) is 5.43 Å². The van der Waals surface area contributed by atoms with E-state index in [-0.39, 0.29) is 5.56 Å². The lowest BCUT2D eigenvalue weighted by Gasteiger charge is -2.09. The van der Waals surface area contributed by atoms with E-state index in [4.69, 9.17) is 4.74 Å². The molecule has 4 nitrogen and oxygen atoms in total. The second-order valence-corrected chi connectivity index (χ2v) is 6.73. The zero-order chi connectivity index (χ0) is 19.3. The Kier molecular flexibility index (Phi) is 6.82. The third-order valence-corrected chi connectivity index (χ3v) is 4.32. The molecule has 2 rings (SSSR count). The number of benzene rings is 2. The molecule has 2 aromatic carbocycles. The van der Waals surface area contributed by atoms with Crippen molar-refractivity contribution in [2.24, 2.45) is 5.10 Å². The monoisotopic (exact) mass is 492 g/mol. The van der Waals surface area contributed by atoms with Crippen LogP contribution < -0.4 is 10.2 Å². The van der Waals surface area contributed by atoms with Crippen molar-refractivity contribution in [2.45, 2.75) is 13.1 Å². The lowest BCUT2D eigenvalue weighted by molar-refractivity contribution is -0.137. The summed E-state index contributed by atoms with van der Waals surface area (Å²) in [6, 6.07) is 7.58. The van der Waals surface area contributed by atoms with Crippen molar-refractivity contribution in [3.63, 3.8) is 0 Å². The molecule has 138 valence electrons. The van der Waals surface area contributed by atoms with Crippen molar-refractivity contribution in [3.05, 3.63) is 62.0 Å². The molecule has 0 radical (unpaired) electrons. The fourth-order valence-corrected chi connectivity index (χ4v) is 3.45. The first-order valence-electron chi connectivity index (χ1n) is 7.35. The van der Waals surface area contributed by atoms with Gasteiger partial charge in [-0.1, -0.05) is 6.07 Å². The van der Waals surface area contributed by atoms with Gasteiger partial charge < -0.3 is 4.74 Å². The summed E-state index contributed by atoms with van der Waals surface area (Å²) < 4.78 is 44.9. The van der Waals surface area contributed by atoms with Crippen LogP contribution in [0.5, 0.6) is 5.75 Å². The van der Waals surface area contributed by atoms with Crippen molar-refractivity contribution in [3.8, 4) is 5.75 Å². The van der Waals surface area contributed by atoms with Crippen LogP contribution in [-0.2, 0) is 6.18 Å². The van der Waals surface area contributed by atoms with E-state index in [1.807, 2.05) is 6.92 Å². The molecule has 0 unspecified atom stereocenters. The summed E-state index contributed by atoms with van der Waals surface area (Å²) in [5.74, 6) is -0.103. The number of rotatable bonds is 5. The minimum atomic E-state index is -4.51. The topological polar surface area (TPSA) is 50.7 Å². The first kappa shape index (κ1) is 20.4. The van der Waals surface area contributed by atoms with Gasteiger partial charge in [0.1, 0.15) is 5.75 Å². The van der Waals surface area contributed by atoms with Gasteiger partial charge in [-0.15, -0.1) is 0 Å². The smallest absolute Gasteiger partial charge is 0.416 e.